The Morgan fingerprint density at radius 3 is 2.38 bits per heavy atom. The third-order valence-electron chi connectivity index (χ3n) is 4.63. The summed E-state index contributed by atoms with van der Waals surface area (Å²) in [6, 6.07) is 17.6. The van der Waals surface area contributed by atoms with Crippen molar-refractivity contribution in [3.63, 3.8) is 0 Å². The summed E-state index contributed by atoms with van der Waals surface area (Å²) >= 11 is 1.46. The molecule has 0 saturated carbocycles. The van der Waals surface area contributed by atoms with Gasteiger partial charge in [0.1, 0.15) is 14.2 Å². The lowest BCUT2D eigenvalue weighted by molar-refractivity contribution is 0.604. The van der Waals surface area contributed by atoms with Crippen LogP contribution in [-0.2, 0) is 21.1 Å². The van der Waals surface area contributed by atoms with Gasteiger partial charge in [0.25, 0.3) is 0 Å². The molecule has 0 amide bonds. The molecule has 0 spiro atoms. The van der Waals surface area contributed by atoms with Gasteiger partial charge in [-0.05, 0) is 19.1 Å². The van der Waals surface area contributed by atoms with Crippen LogP contribution >= 0.6 is 11.8 Å². The summed E-state index contributed by atoms with van der Waals surface area (Å²) in [7, 11) is -5.44. The Balaban J connectivity index is 1.86. The average molecular weight is 424 g/mol. The summed E-state index contributed by atoms with van der Waals surface area (Å²) < 4.78 is 30.5. The first-order valence-corrected chi connectivity index (χ1v) is 15.7. The molecule has 1 aliphatic rings. The summed E-state index contributed by atoms with van der Waals surface area (Å²) in [5.41, 5.74) is 1.05. The van der Waals surface area contributed by atoms with Crippen molar-refractivity contribution < 1.29 is 8.42 Å². The van der Waals surface area contributed by atoms with Crippen molar-refractivity contribution in [3.05, 3.63) is 64.3 Å². The monoisotopic (exact) mass is 423 g/mol. The van der Waals surface area contributed by atoms with Crippen LogP contribution in [0.25, 0.3) is 4.13 Å². The number of rotatable bonds is 5. The van der Waals surface area contributed by atoms with Crippen molar-refractivity contribution in [1.29, 1.82) is 0 Å². The minimum atomic E-state index is -3.61. The highest BCUT2D eigenvalue weighted by molar-refractivity contribution is 8.25. The van der Waals surface area contributed by atoms with E-state index in [2.05, 4.69) is 41.5 Å². The first-order chi connectivity index (χ1) is 12.3. The number of benzene rings is 2. The molecule has 3 nitrogen and oxygen atoms in total. The van der Waals surface area contributed by atoms with Gasteiger partial charge in [0, 0.05) is 12.2 Å². The predicted octanol–water partition coefficient (Wildman–Crippen LogP) is 4.21. The van der Waals surface area contributed by atoms with Crippen molar-refractivity contribution in [2.75, 3.05) is 11.5 Å². The first kappa shape index (κ1) is 20.0. The van der Waals surface area contributed by atoms with Gasteiger partial charge in [0.15, 0.2) is 8.07 Å². The molecule has 0 bridgehead atoms. The molecule has 0 radical (unpaired) electrons. The van der Waals surface area contributed by atoms with Gasteiger partial charge in [-0.1, -0.05) is 77.4 Å². The maximum atomic E-state index is 12.9. The van der Waals surface area contributed by atoms with Crippen LogP contribution in [0.1, 0.15) is 12.0 Å². The van der Waals surface area contributed by atoms with Crippen LogP contribution in [0, 0.1) is 6.92 Å². The van der Waals surface area contributed by atoms with Crippen molar-refractivity contribution >= 4 is 46.1 Å². The van der Waals surface area contributed by atoms with Gasteiger partial charge >= 0.3 is 0 Å². The van der Waals surface area contributed by atoms with E-state index >= 15 is 0 Å². The second-order valence-corrected chi connectivity index (χ2v) is 17.8. The van der Waals surface area contributed by atoms with Gasteiger partial charge in [0.2, 0.25) is 0 Å². The van der Waals surface area contributed by atoms with Crippen LogP contribution < -0.4 is 5.19 Å². The third-order valence-corrected chi connectivity index (χ3v) is 18.0. The zero-order chi connectivity index (χ0) is 18.8. The van der Waals surface area contributed by atoms with E-state index in [0.717, 1.165) is 23.5 Å². The van der Waals surface area contributed by atoms with Crippen LogP contribution in [0.5, 0.6) is 0 Å². The molecular formula is C19H25NO2S3Si. The molecule has 7 heteroatoms. The lowest BCUT2D eigenvalue weighted by Gasteiger charge is -2.39. The first-order valence-electron chi connectivity index (χ1n) is 8.72. The zero-order valence-corrected chi connectivity index (χ0v) is 18.8. The molecule has 26 heavy (non-hydrogen) atoms. The van der Waals surface area contributed by atoms with Crippen LogP contribution in [0.15, 0.2) is 59.5 Å². The highest BCUT2D eigenvalue weighted by atomic mass is 32.3. The van der Waals surface area contributed by atoms with Crippen LogP contribution in [0.3, 0.4) is 0 Å². The normalized spacial score (nSPS) is 21.5. The molecule has 0 aliphatic carbocycles. The SMILES string of the molecule is Cc1ccc(S(=O)(=O)[N-][S+]2CCCSC2[Si](C)(C)c2ccccc2)cc1. The number of hydrogen-bond donors (Lipinski definition) is 0. The molecule has 2 aromatic carbocycles. The molecule has 0 aromatic heterocycles. The summed E-state index contributed by atoms with van der Waals surface area (Å²) in [6.45, 7) is 6.65. The Morgan fingerprint density at radius 2 is 1.73 bits per heavy atom. The molecule has 2 atom stereocenters. The highest BCUT2D eigenvalue weighted by Gasteiger charge is 2.45. The van der Waals surface area contributed by atoms with Gasteiger partial charge < -0.3 is 4.13 Å². The van der Waals surface area contributed by atoms with E-state index in [1.165, 1.54) is 5.19 Å². The maximum absolute atomic E-state index is 12.9. The maximum Gasteiger partial charge on any atom is 0.154 e. The van der Waals surface area contributed by atoms with Gasteiger partial charge in [-0.25, -0.2) is 8.42 Å². The minimum absolute atomic E-state index is 0.305. The minimum Gasteiger partial charge on any atom is -0.312 e. The summed E-state index contributed by atoms with van der Waals surface area (Å²) in [4.78, 5) is 0.309. The fourth-order valence-electron chi connectivity index (χ4n) is 3.09. The molecule has 140 valence electrons. The number of nitrogens with zero attached hydrogens (tertiary/aromatic N) is 1. The van der Waals surface area contributed by atoms with Gasteiger partial charge in [-0.15, -0.1) is 11.8 Å². The second kappa shape index (κ2) is 8.10. The van der Waals surface area contributed by atoms with Crippen LogP contribution in [-0.4, -0.2) is 32.2 Å². The Labute approximate surface area is 165 Å². The molecule has 3 rings (SSSR count). The summed E-state index contributed by atoms with van der Waals surface area (Å²) in [5.74, 6) is 1.98. The Kier molecular flexibility index (Phi) is 6.24. The fraction of sp³-hybridized carbons (Fsp3) is 0.368. The quantitative estimate of drug-likeness (QED) is 0.535. The molecule has 1 aliphatic heterocycles. The Bertz CT molecular complexity index is 839. The van der Waals surface area contributed by atoms with E-state index in [1.54, 1.807) is 12.1 Å². The second-order valence-electron chi connectivity index (χ2n) is 7.11. The number of thioether (sulfide) groups is 1. The van der Waals surface area contributed by atoms with Crippen molar-refractivity contribution in [1.82, 2.24) is 0 Å². The largest absolute Gasteiger partial charge is 0.312 e. The molecule has 2 unspecified atom stereocenters. The van der Waals surface area contributed by atoms with E-state index in [1.807, 2.05) is 36.9 Å². The van der Waals surface area contributed by atoms with Gasteiger partial charge in [-0.3, -0.25) is 0 Å². The Hall–Kier alpha value is -0.733. The van der Waals surface area contributed by atoms with E-state index in [-0.39, 0.29) is 0 Å². The topological polar surface area (TPSA) is 48.2 Å². The smallest absolute Gasteiger partial charge is 0.154 e. The molecule has 0 N–H and O–H groups in total. The fourth-order valence-corrected chi connectivity index (χ4v) is 16.0. The average Bonchev–Trinajstić information content (AvgIpc) is 2.63. The number of sulfonamides is 1. The molecule has 1 heterocycles. The lowest BCUT2D eigenvalue weighted by atomic mass is 10.2. The van der Waals surface area contributed by atoms with Crippen molar-refractivity contribution in [3.8, 4) is 0 Å². The van der Waals surface area contributed by atoms with E-state index in [4.69, 9.17) is 0 Å². The van der Waals surface area contributed by atoms with Crippen molar-refractivity contribution in [2.24, 2.45) is 0 Å². The number of aryl methyl sites for hydroxylation is 1. The van der Waals surface area contributed by atoms with E-state index in [0.29, 0.717) is 9.10 Å². The standard InChI is InChI=1S/C19H25NO2S3Si/c1-16-10-12-17(13-11-16)25(21,22)20-24-15-7-14-23-19(24)26(2,3)18-8-5-4-6-9-18/h4-6,8-13,19H,7,14-15H2,1-3H3. The lowest BCUT2D eigenvalue weighted by Crippen LogP contribution is -2.56. The number of hydrogen-bond acceptors (Lipinski definition) is 3. The summed E-state index contributed by atoms with van der Waals surface area (Å²) in [6.07, 6.45) is 1.04. The summed E-state index contributed by atoms with van der Waals surface area (Å²) in [5, 5.41) is 1.37. The Morgan fingerprint density at radius 1 is 1.08 bits per heavy atom. The van der Waals surface area contributed by atoms with E-state index < -0.39 is 29.2 Å². The van der Waals surface area contributed by atoms with E-state index in [9.17, 15) is 8.42 Å². The van der Waals surface area contributed by atoms with Gasteiger partial charge in [0.05, 0.1) is 10.6 Å². The van der Waals surface area contributed by atoms with Gasteiger partial charge in [-0.2, -0.15) is 0 Å². The predicted molar refractivity (Wildman–Crippen MR) is 118 cm³/mol. The molecule has 1 saturated heterocycles. The molecule has 2 aromatic rings. The third kappa shape index (κ3) is 4.39. The van der Waals surface area contributed by atoms with Crippen LogP contribution in [0.2, 0.25) is 13.1 Å². The van der Waals surface area contributed by atoms with Crippen molar-refractivity contribution in [2.45, 2.75) is 35.5 Å². The molecule has 1 fully saturated rings. The highest BCUT2D eigenvalue weighted by Crippen LogP contribution is 2.39. The zero-order valence-electron chi connectivity index (χ0n) is 15.4. The van der Waals surface area contributed by atoms with Crippen LogP contribution in [0.4, 0.5) is 0 Å². The molecular weight excluding hydrogens is 399 g/mol.